The van der Waals surface area contributed by atoms with Crippen LogP contribution in [-0.4, -0.2) is 58.0 Å². The maximum absolute atomic E-state index is 13.3. The van der Waals surface area contributed by atoms with Gasteiger partial charge in [-0.15, -0.1) is 11.3 Å². The molecular formula is C27H35N3O4S. The highest BCUT2D eigenvalue weighted by Crippen LogP contribution is 2.41. The lowest BCUT2D eigenvalue weighted by atomic mass is 9.68. The van der Waals surface area contributed by atoms with Gasteiger partial charge in [0.15, 0.2) is 0 Å². The molecule has 1 aliphatic heterocycles. The summed E-state index contributed by atoms with van der Waals surface area (Å²) in [4.78, 5) is 40.9. The van der Waals surface area contributed by atoms with Crippen LogP contribution in [0.3, 0.4) is 0 Å². The standard InChI is InChI=1S/C27H35N3O4S/c1-26(2,3)29-19-10-11-22(27(4,15-19)25(33)34)30-13-12-20(24(30)32)28-23(31)21-14-18(16-35-21)17-8-6-5-7-9-17/h5-9,14,16,19-20,22,29H,10-13,15H2,1-4H3,(H,28,31)(H,33,34)/t19-,20?,22+,27-/m1/s1. The monoisotopic (exact) mass is 497 g/mol. The van der Waals surface area contributed by atoms with Gasteiger partial charge in [-0.3, -0.25) is 14.4 Å². The summed E-state index contributed by atoms with van der Waals surface area (Å²) in [5.41, 5.74) is 0.847. The first-order valence-corrected chi connectivity index (χ1v) is 13.1. The van der Waals surface area contributed by atoms with Crippen LogP contribution in [0.15, 0.2) is 41.8 Å². The highest BCUT2D eigenvalue weighted by atomic mass is 32.1. The lowest BCUT2D eigenvalue weighted by Gasteiger charge is -2.47. The number of carboxylic acid groups (broad SMARTS) is 1. The van der Waals surface area contributed by atoms with Crippen LogP contribution in [0.5, 0.6) is 0 Å². The van der Waals surface area contributed by atoms with Crippen molar-refractivity contribution in [2.45, 2.75) is 77.0 Å². The van der Waals surface area contributed by atoms with Crippen molar-refractivity contribution in [3.05, 3.63) is 46.7 Å². The summed E-state index contributed by atoms with van der Waals surface area (Å²) in [6.07, 6.45) is 2.37. The van der Waals surface area contributed by atoms with Gasteiger partial charge in [0.25, 0.3) is 5.91 Å². The van der Waals surface area contributed by atoms with E-state index in [1.165, 1.54) is 11.3 Å². The maximum atomic E-state index is 13.3. The first-order chi connectivity index (χ1) is 16.5. The first-order valence-electron chi connectivity index (χ1n) is 12.2. The Balaban J connectivity index is 1.43. The number of nitrogens with one attached hydrogen (secondary N) is 2. The number of carboxylic acids is 1. The number of carbonyl (C=O) groups excluding carboxylic acids is 2. The van der Waals surface area contributed by atoms with Crippen molar-refractivity contribution in [3.63, 3.8) is 0 Å². The van der Waals surface area contributed by atoms with Gasteiger partial charge < -0.3 is 20.6 Å². The number of hydrogen-bond acceptors (Lipinski definition) is 5. The van der Waals surface area contributed by atoms with Gasteiger partial charge >= 0.3 is 5.97 Å². The fourth-order valence-electron chi connectivity index (χ4n) is 5.50. The van der Waals surface area contributed by atoms with E-state index in [4.69, 9.17) is 0 Å². The Hall–Kier alpha value is -2.71. The van der Waals surface area contributed by atoms with E-state index in [1.54, 1.807) is 11.8 Å². The van der Waals surface area contributed by atoms with Crippen molar-refractivity contribution in [2.24, 2.45) is 5.41 Å². The molecule has 1 saturated heterocycles. The number of nitrogens with zero attached hydrogens (tertiary/aromatic N) is 1. The van der Waals surface area contributed by atoms with Gasteiger partial charge in [-0.2, -0.15) is 0 Å². The molecule has 8 heteroatoms. The second kappa shape index (κ2) is 9.74. The smallest absolute Gasteiger partial charge is 0.311 e. The van der Waals surface area contributed by atoms with Crippen molar-refractivity contribution in [1.29, 1.82) is 0 Å². The van der Waals surface area contributed by atoms with Gasteiger partial charge in [0.1, 0.15) is 6.04 Å². The average Bonchev–Trinajstić information content (AvgIpc) is 3.41. The number of benzene rings is 1. The zero-order valence-electron chi connectivity index (χ0n) is 20.8. The lowest BCUT2D eigenvalue weighted by Crippen LogP contribution is -2.59. The van der Waals surface area contributed by atoms with Gasteiger partial charge in [-0.05, 0) is 76.0 Å². The minimum absolute atomic E-state index is 0.0817. The number of hydrogen-bond donors (Lipinski definition) is 3. The Morgan fingerprint density at radius 3 is 2.49 bits per heavy atom. The number of carbonyl (C=O) groups is 3. The number of aliphatic carboxylic acids is 1. The van der Waals surface area contributed by atoms with Crippen LogP contribution >= 0.6 is 11.3 Å². The number of amides is 2. The van der Waals surface area contributed by atoms with Crippen LogP contribution in [0.25, 0.3) is 11.1 Å². The minimum Gasteiger partial charge on any atom is -0.481 e. The van der Waals surface area contributed by atoms with Crippen molar-refractivity contribution < 1.29 is 19.5 Å². The quantitative estimate of drug-likeness (QED) is 0.557. The Labute approximate surface area is 210 Å². The number of likely N-dealkylation sites (tertiary alicyclic amines) is 1. The number of thiophene rings is 1. The largest absolute Gasteiger partial charge is 0.481 e. The van der Waals surface area contributed by atoms with Crippen molar-refractivity contribution in [1.82, 2.24) is 15.5 Å². The summed E-state index contributed by atoms with van der Waals surface area (Å²) in [5, 5.41) is 18.5. The van der Waals surface area contributed by atoms with Crippen molar-refractivity contribution in [2.75, 3.05) is 6.54 Å². The molecule has 2 fully saturated rings. The molecule has 0 spiro atoms. The van der Waals surface area contributed by atoms with E-state index in [0.29, 0.717) is 30.7 Å². The molecule has 2 amide bonds. The molecule has 2 aromatic rings. The van der Waals surface area contributed by atoms with Gasteiger partial charge in [-0.1, -0.05) is 30.3 Å². The molecule has 35 heavy (non-hydrogen) atoms. The van der Waals surface area contributed by atoms with E-state index in [0.717, 1.165) is 17.5 Å². The molecule has 1 aromatic carbocycles. The van der Waals surface area contributed by atoms with Gasteiger partial charge in [-0.25, -0.2) is 0 Å². The van der Waals surface area contributed by atoms with Crippen LogP contribution < -0.4 is 10.6 Å². The van der Waals surface area contributed by atoms with E-state index in [2.05, 4.69) is 31.4 Å². The van der Waals surface area contributed by atoms with Crippen LogP contribution in [0, 0.1) is 5.41 Å². The Bertz CT molecular complexity index is 1090. The Morgan fingerprint density at radius 2 is 1.83 bits per heavy atom. The molecule has 7 nitrogen and oxygen atoms in total. The summed E-state index contributed by atoms with van der Waals surface area (Å²) in [5.74, 6) is -1.33. The molecule has 1 aromatic heterocycles. The summed E-state index contributed by atoms with van der Waals surface area (Å²) in [6.45, 7) is 8.43. The highest BCUT2D eigenvalue weighted by molar-refractivity contribution is 7.12. The molecule has 4 atom stereocenters. The van der Waals surface area contributed by atoms with Crippen LogP contribution in [0.4, 0.5) is 0 Å². The fourth-order valence-corrected chi connectivity index (χ4v) is 6.32. The molecule has 2 aliphatic rings. The minimum atomic E-state index is -1.05. The maximum Gasteiger partial charge on any atom is 0.311 e. The van der Waals surface area contributed by atoms with Crippen molar-refractivity contribution in [3.8, 4) is 11.1 Å². The predicted octanol–water partition coefficient (Wildman–Crippen LogP) is 4.15. The zero-order valence-corrected chi connectivity index (χ0v) is 21.7. The van der Waals surface area contributed by atoms with E-state index in [1.807, 2.05) is 41.8 Å². The van der Waals surface area contributed by atoms with Gasteiger partial charge in [0.05, 0.1) is 10.3 Å². The topological polar surface area (TPSA) is 98.7 Å². The molecule has 4 rings (SSSR count). The molecule has 2 heterocycles. The zero-order chi connectivity index (χ0) is 25.4. The fraction of sp³-hybridized carbons (Fsp3) is 0.519. The number of rotatable bonds is 6. The molecule has 0 radical (unpaired) electrons. The summed E-state index contributed by atoms with van der Waals surface area (Å²) >= 11 is 1.35. The molecule has 1 unspecified atom stereocenters. The Kier molecular flexibility index (Phi) is 7.06. The van der Waals surface area contributed by atoms with Crippen LogP contribution in [0.2, 0.25) is 0 Å². The van der Waals surface area contributed by atoms with Gasteiger partial charge in [0.2, 0.25) is 5.91 Å². The molecule has 188 valence electrons. The molecule has 3 N–H and O–H groups in total. The third-order valence-electron chi connectivity index (χ3n) is 7.17. The second-order valence-corrected chi connectivity index (χ2v) is 11.9. The van der Waals surface area contributed by atoms with E-state index >= 15 is 0 Å². The van der Waals surface area contributed by atoms with E-state index in [9.17, 15) is 19.5 Å². The first kappa shape index (κ1) is 25.4. The highest BCUT2D eigenvalue weighted by Gasteiger charge is 2.52. The average molecular weight is 498 g/mol. The molecule has 0 bridgehead atoms. The Morgan fingerprint density at radius 1 is 1.11 bits per heavy atom. The summed E-state index contributed by atoms with van der Waals surface area (Å²) in [7, 11) is 0. The third-order valence-corrected chi connectivity index (χ3v) is 8.10. The second-order valence-electron chi connectivity index (χ2n) is 11.0. The van der Waals surface area contributed by atoms with E-state index in [-0.39, 0.29) is 29.4 Å². The summed E-state index contributed by atoms with van der Waals surface area (Å²) < 4.78 is 0. The van der Waals surface area contributed by atoms with Gasteiger partial charge in [0, 0.05) is 24.2 Å². The van der Waals surface area contributed by atoms with Crippen LogP contribution in [0.1, 0.15) is 63.0 Å². The lowest BCUT2D eigenvalue weighted by molar-refractivity contribution is -0.158. The van der Waals surface area contributed by atoms with Crippen molar-refractivity contribution >= 4 is 29.1 Å². The van der Waals surface area contributed by atoms with E-state index < -0.39 is 17.4 Å². The molecule has 1 saturated carbocycles. The molecule has 1 aliphatic carbocycles. The summed E-state index contributed by atoms with van der Waals surface area (Å²) in [6, 6.07) is 10.7. The SMILES string of the molecule is CC(C)(C)N[C@@H]1CC[C@H](N2CCC(NC(=O)c3cc(-c4ccccc4)cs3)C2=O)[C@](C)(C(=O)O)C1. The normalized spacial score (nSPS) is 27.1. The molecular weight excluding hydrogens is 462 g/mol. The predicted molar refractivity (Wildman–Crippen MR) is 137 cm³/mol. The van der Waals surface area contributed by atoms with Crippen LogP contribution in [-0.2, 0) is 9.59 Å². The third kappa shape index (κ3) is 5.43.